The lowest BCUT2D eigenvalue weighted by Crippen LogP contribution is -2.08. The van der Waals surface area contributed by atoms with Gasteiger partial charge in [-0.05, 0) is 13.0 Å². The summed E-state index contributed by atoms with van der Waals surface area (Å²) >= 11 is 0. The number of esters is 2. The highest BCUT2D eigenvalue weighted by atomic mass is 16.6. The molecule has 1 radical (unpaired) electrons. The van der Waals surface area contributed by atoms with Crippen molar-refractivity contribution in [1.29, 1.82) is 0 Å². The van der Waals surface area contributed by atoms with Gasteiger partial charge in [-0.3, -0.25) is 9.59 Å². The van der Waals surface area contributed by atoms with Crippen LogP contribution in [0, 0.1) is 6.08 Å². The topological polar surface area (TPSA) is 52.6 Å². The minimum Gasteiger partial charge on any atom is -0.458 e. The average molecular weight is 171 g/mol. The van der Waals surface area contributed by atoms with Gasteiger partial charge >= 0.3 is 11.9 Å². The second-order valence-corrected chi connectivity index (χ2v) is 2.05. The van der Waals surface area contributed by atoms with Gasteiger partial charge in [0.15, 0.2) is 0 Å². The van der Waals surface area contributed by atoms with Crippen LogP contribution in [0.4, 0.5) is 0 Å². The molecule has 0 aliphatic carbocycles. The monoisotopic (exact) mass is 171 g/mol. The van der Waals surface area contributed by atoms with Crippen molar-refractivity contribution >= 4 is 11.9 Å². The number of hydrogen-bond acceptors (Lipinski definition) is 4. The summed E-state index contributed by atoms with van der Waals surface area (Å²) in [6, 6.07) is 0. The summed E-state index contributed by atoms with van der Waals surface area (Å²) in [5.41, 5.74) is 0. The number of carbonyl (C=O) groups excluding carboxylic acids is 2. The fraction of sp³-hybridized carbons (Fsp3) is 0.500. The van der Waals surface area contributed by atoms with Crippen molar-refractivity contribution in [2.75, 3.05) is 6.61 Å². The molecule has 0 spiro atoms. The Labute approximate surface area is 71.2 Å². The van der Waals surface area contributed by atoms with Crippen molar-refractivity contribution < 1.29 is 19.1 Å². The molecule has 0 amide bonds. The molecule has 0 bridgehead atoms. The van der Waals surface area contributed by atoms with E-state index in [0.29, 0.717) is 0 Å². The highest BCUT2D eigenvalue weighted by molar-refractivity contribution is 5.68. The molecule has 0 rings (SSSR count). The van der Waals surface area contributed by atoms with Crippen molar-refractivity contribution in [2.45, 2.75) is 20.8 Å². The molecule has 0 fully saturated rings. The van der Waals surface area contributed by atoms with E-state index in [4.69, 9.17) is 0 Å². The van der Waals surface area contributed by atoms with E-state index >= 15 is 0 Å². The van der Waals surface area contributed by atoms with E-state index in [1.165, 1.54) is 13.8 Å². The van der Waals surface area contributed by atoms with Gasteiger partial charge in [0, 0.05) is 13.8 Å². The zero-order valence-electron chi connectivity index (χ0n) is 7.34. The van der Waals surface area contributed by atoms with E-state index in [2.05, 4.69) is 15.5 Å². The lowest BCUT2D eigenvalue weighted by Gasteiger charge is -2.05. The molecule has 0 unspecified atom stereocenters. The molecular weight excluding hydrogens is 160 g/mol. The lowest BCUT2D eigenvalue weighted by atomic mass is 10.5. The van der Waals surface area contributed by atoms with E-state index in [-0.39, 0.29) is 12.4 Å². The highest BCUT2D eigenvalue weighted by Gasteiger charge is 2.02. The summed E-state index contributed by atoms with van der Waals surface area (Å²) < 4.78 is 9.22. The molecule has 4 heteroatoms. The first-order valence-electron chi connectivity index (χ1n) is 3.41. The van der Waals surface area contributed by atoms with Gasteiger partial charge in [-0.25, -0.2) is 0 Å². The highest BCUT2D eigenvalue weighted by Crippen LogP contribution is 1.97. The van der Waals surface area contributed by atoms with Crippen molar-refractivity contribution in [2.24, 2.45) is 0 Å². The van der Waals surface area contributed by atoms with Gasteiger partial charge in [0.1, 0.15) is 12.4 Å². The standard InChI is InChI=1S/C8H11O4/c1-4-8(12-7(3)10)5-11-6(2)9/h5H2,1-3H3. The maximum Gasteiger partial charge on any atom is 0.307 e. The van der Waals surface area contributed by atoms with Crippen LogP contribution in [0.25, 0.3) is 0 Å². The van der Waals surface area contributed by atoms with Crippen LogP contribution in [0.3, 0.4) is 0 Å². The van der Waals surface area contributed by atoms with Crippen molar-refractivity contribution in [3.63, 3.8) is 0 Å². The van der Waals surface area contributed by atoms with Crippen LogP contribution in [0.2, 0.25) is 0 Å². The van der Waals surface area contributed by atoms with Gasteiger partial charge in [-0.2, -0.15) is 0 Å². The lowest BCUT2D eigenvalue weighted by molar-refractivity contribution is -0.145. The third-order valence-electron chi connectivity index (χ3n) is 0.952. The molecule has 0 atom stereocenters. The summed E-state index contributed by atoms with van der Waals surface area (Å²) in [7, 11) is 0. The molecule has 0 aliphatic rings. The fourth-order valence-corrected chi connectivity index (χ4v) is 0.493. The smallest absolute Gasteiger partial charge is 0.307 e. The second-order valence-electron chi connectivity index (χ2n) is 2.05. The Hall–Kier alpha value is -1.32. The second kappa shape index (κ2) is 5.35. The van der Waals surface area contributed by atoms with Gasteiger partial charge < -0.3 is 9.47 Å². The molecule has 0 N–H and O–H groups in total. The van der Waals surface area contributed by atoms with E-state index in [0.717, 1.165) is 0 Å². The molecule has 0 saturated heterocycles. The Morgan fingerprint density at radius 3 is 2.17 bits per heavy atom. The SMILES string of the molecule is C[C]=C(COC(C)=O)OC(C)=O. The number of allylic oxidation sites excluding steroid dienone is 1. The van der Waals surface area contributed by atoms with E-state index in [1.807, 2.05) is 0 Å². The van der Waals surface area contributed by atoms with Crippen molar-refractivity contribution in [3.05, 3.63) is 11.8 Å². The van der Waals surface area contributed by atoms with Gasteiger partial charge in [-0.1, -0.05) is 0 Å². The quantitative estimate of drug-likeness (QED) is 0.466. The van der Waals surface area contributed by atoms with Crippen molar-refractivity contribution in [3.8, 4) is 0 Å². The van der Waals surface area contributed by atoms with Crippen LogP contribution in [-0.4, -0.2) is 18.5 Å². The Morgan fingerprint density at radius 1 is 1.25 bits per heavy atom. The zero-order chi connectivity index (χ0) is 9.56. The molecule has 0 aromatic rings. The van der Waals surface area contributed by atoms with E-state index < -0.39 is 11.9 Å². The number of carbonyl (C=O) groups is 2. The van der Waals surface area contributed by atoms with Gasteiger partial charge in [0.05, 0.1) is 0 Å². The van der Waals surface area contributed by atoms with E-state index in [9.17, 15) is 9.59 Å². The fourth-order valence-electron chi connectivity index (χ4n) is 0.493. The van der Waals surface area contributed by atoms with Crippen LogP contribution in [0.5, 0.6) is 0 Å². The Balaban J connectivity index is 3.85. The van der Waals surface area contributed by atoms with Gasteiger partial charge in [0.25, 0.3) is 0 Å². The first kappa shape index (κ1) is 10.7. The molecule has 0 saturated carbocycles. The molecular formula is C8H11O4. The van der Waals surface area contributed by atoms with Crippen LogP contribution < -0.4 is 0 Å². The van der Waals surface area contributed by atoms with Gasteiger partial charge in [-0.15, -0.1) is 0 Å². The summed E-state index contributed by atoms with van der Waals surface area (Å²) in [5, 5.41) is 0. The maximum absolute atomic E-state index is 10.4. The minimum absolute atomic E-state index is 0.0502. The predicted molar refractivity (Wildman–Crippen MR) is 40.8 cm³/mol. The van der Waals surface area contributed by atoms with E-state index in [1.54, 1.807) is 6.92 Å². The maximum atomic E-state index is 10.4. The third-order valence-corrected chi connectivity index (χ3v) is 0.952. The number of hydrogen-bond donors (Lipinski definition) is 0. The first-order chi connectivity index (χ1) is 5.56. The van der Waals surface area contributed by atoms with Crippen LogP contribution in [-0.2, 0) is 19.1 Å². The Kier molecular flexibility index (Phi) is 4.76. The Morgan fingerprint density at radius 2 is 1.83 bits per heavy atom. The average Bonchev–Trinajstić information content (AvgIpc) is 1.97. The molecule has 67 valence electrons. The van der Waals surface area contributed by atoms with Crippen LogP contribution in [0.15, 0.2) is 5.76 Å². The molecule has 0 aromatic carbocycles. The third kappa shape index (κ3) is 5.46. The molecule has 4 nitrogen and oxygen atoms in total. The molecule has 0 aromatic heterocycles. The van der Waals surface area contributed by atoms with Crippen LogP contribution in [0.1, 0.15) is 20.8 Å². The zero-order valence-corrected chi connectivity index (χ0v) is 7.34. The molecule has 0 aliphatic heterocycles. The minimum atomic E-state index is -0.452. The number of rotatable bonds is 3. The first-order valence-corrected chi connectivity index (χ1v) is 3.41. The predicted octanol–water partition coefficient (Wildman–Crippen LogP) is 0.820. The Bertz CT molecular complexity index is 205. The number of ether oxygens (including phenoxy) is 2. The summed E-state index contributed by atoms with van der Waals surface area (Å²) in [6.45, 7) is 4.07. The largest absolute Gasteiger partial charge is 0.458 e. The summed E-state index contributed by atoms with van der Waals surface area (Å²) in [5.74, 6) is -0.654. The summed E-state index contributed by atoms with van der Waals surface area (Å²) in [4.78, 5) is 20.8. The van der Waals surface area contributed by atoms with Gasteiger partial charge in [0.2, 0.25) is 0 Å². The van der Waals surface area contributed by atoms with Crippen LogP contribution >= 0.6 is 0 Å². The van der Waals surface area contributed by atoms with Crippen molar-refractivity contribution in [1.82, 2.24) is 0 Å². The molecule has 12 heavy (non-hydrogen) atoms. The summed E-state index contributed by atoms with van der Waals surface area (Å²) in [6.07, 6.45) is 2.59. The normalized spacial score (nSPS) is 10.8. The molecule has 0 heterocycles.